The fraction of sp³-hybridized carbons (Fsp3) is 0. The summed E-state index contributed by atoms with van der Waals surface area (Å²) >= 11 is 4.53. The highest BCUT2D eigenvalue weighted by atomic mass is 32.2. The minimum absolute atomic E-state index is 0.994. The first-order valence-electron chi connectivity index (χ1n) is 31.7. The van der Waals surface area contributed by atoms with Crippen molar-refractivity contribution in [1.82, 2.24) is 4.98 Å². The number of nitrogens with zero attached hydrogens (tertiary/aromatic N) is 4. The van der Waals surface area contributed by atoms with E-state index in [-0.39, 0.29) is 0 Å². The molecule has 1 atom stereocenters. The Kier molecular flexibility index (Phi) is 13.0. The van der Waals surface area contributed by atoms with Crippen LogP contribution in [0.1, 0.15) is 0 Å². The van der Waals surface area contributed by atoms with Gasteiger partial charge >= 0.3 is 0 Å². The first-order valence-corrected chi connectivity index (χ1v) is 35.5. The lowest BCUT2D eigenvalue weighted by Gasteiger charge is -2.27. The third-order valence-electron chi connectivity index (χ3n) is 18.7. The Morgan fingerprint density at radius 3 is 1.62 bits per heavy atom. The lowest BCUT2D eigenvalue weighted by atomic mass is 9.99. The molecule has 0 N–H and O–H groups in total. The first kappa shape index (κ1) is 54.7. The van der Waals surface area contributed by atoms with Crippen LogP contribution in [-0.2, 0) is 0 Å². The molecule has 0 saturated heterocycles. The number of thiophene rings is 3. The summed E-state index contributed by atoms with van der Waals surface area (Å²) in [7, 11) is 0. The fourth-order valence-electron chi connectivity index (χ4n) is 14.3. The number of hydrogen-bond donors (Lipinski definition) is 1. The van der Waals surface area contributed by atoms with Crippen molar-refractivity contribution in [3.63, 3.8) is 0 Å². The maximum atomic E-state index is 5.30. The Labute approximate surface area is 558 Å². The lowest BCUT2D eigenvalue weighted by Crippen LogP contribution is -2.30. The molecule has 1 aliphatic heterocycles. The minimum Gasteiger partial charge on any atom is -0.310 e. The second kappa shape index (κ2) is 22.4. The topological polar surface area (TPSA) is 23.2 Å². The molecule has 6 heterocycles. The Balaban J connectivity index is 0.700. The zero-order valence-corrected chi connectivity index (χ0v) is 54.0. The van der Waals surface area contributed by atoms with Gasteiger partial charge in [0.25, 0.3) is 0 Å². The maximum absolute atomic E-state index is 5.30. The third-order valence-corrected chi connectivity index (χ3v) is 24.6. The molecule has 5 aromatic heterocycles. The summed E-state index contributed by atoms with van der Waals surface area (Å²) in [6.07, 6.45) is 4.41. The minimum atomic E-state index is -1.07. The molecule has 0 fully saturated rings. The molecule has 94 heavy (non-hydrogen) atoms. The van der Waals surface area contributed by atoms with E-state index in [1.807, 2.05) is 40.2 Å². The van der Waals surface area contributed by atoms with Gasteiger partial charge in [-0.1, -0.05) is 188 Å². The molecular formula is C86H55N4S4+. The van der Waals surface area contributed by atoms with E-state index >= 15 is 0 Å². The second-order valence-corrected chi connectivity index (χ2v) is 29.3. The van der Waals surface area contributed by atoms with E-state index in [2.05, 4.69) is 335 Å². The molecule has 0 saturated carbocycles. The van der Waals surface area contributed by atoms with E-state index in [9.17, 15) is 0 Å². The van der Waals surface area contributed by atoms with Crippen LogP contribution < -0.4 is 13.8 Å². The highest BCUT2D eigenvalue weighted by molar-refractivity contribution is 8.11. The number of hydrogen-bond acceptors (Lipinski definition) is 6. The summed E-state index contributed by atoms with van der Waals surface area (Å²) in [5.41, 5.74) is 19.6. The summed E-state index contributed by atoms with van der Waals surface area (Å²) in [6, 6.07) is 116. The van der Waals surface area contributed by atoms with Crippen LogP contribution in [0.4, 0.5) is 34.1 Å². The smallest absolute Gasteiger partial charge is 0.244 e. The van der Waals surface area contributed by atoms with Gasteiger partial charge in [0, 0.05) is 119 Å². The van der Waals surface area contributed by atoms with Crippen molar-refractivity contribution < 1.29 is 3.97 Å². The van der Waals surface area contributed by atoms with Crippen molar-refractivity contribution in [2.45, 2.75) is 9.79 Å². The van der Waals surface area contributed by atoms with Crippen molar-refractivity contribution in [2.24, 2.45) is 0 Å². The summed E-state index contributed by atoms with van der Waals surface area (Å²) in [4.78, 5) is 12.8. The van der Waals surface area contributed by atoms with Crippen LogP contribution in [0.25, 0.3) is 127 Å². The normalized spacial score (nSPS) is 13.2. The van der Waals surface area contributed by atoms with Gasteiger partial charge in [-0.25, -0.2) is 0 Å². The van der Waals surface area contributed by atoms with Crippen molar-refractivity contribution in [3.05, 3.63) is 328 Å². The molecule has 19 rings (SSSR count). The molecule has 0 amide bonds. The summed E-state index contributed by atoms with van der Waals surface area (Å²) < 4.78 is 10.3. The number of fused-ring (bicyclic) bond motifs is 13. The number of aromatic nitrogens is 2. The molecule has 1 unspecified atom stereocenters. The van der Waals surface area contributed by atoms with Crippen LogP contribution in [0.3, 0.4) is 0 Å². The Morgan fingerprint density at radius 2 is 0.862 bits per heavy atom. The molecule has 0 spiro atoms. The van der Waals surface area contributed by atoms with Crippen molar-refractivity contribution in [1.29, 1.82) is 0 Å². The molecule has 13 aromatic carbocycles. The number of thiol groups is 1. The van der Waals surface area contributed by atoms with Gasteiger partial charge < -0.3 is 9.80 Å². The quantitative estimate of drug-likeness (QED) is 0.103. The van der Waals surface area contributed by atoms with E-state index < -0.39 is 11.1 Å². The molecule has 1 aliphatic rings. The van der Waals surface area contributed by atoms with Crippen LogP contribution in [-0.4, -0.2) is 4.98 Å². The maximum Gasteiger partial charge on any atom is 0.244 e. The number of rotatable bonds is 11. The predicted molar refractivity (Wildman–Crippen MR) is 405 cm³/mol. The third kappa shape index (κ3) is 9.08. The molecule has 442 valence electrons. The van der Waals surface area contributed by atoms with Crippen molar-refractivity contribution >= 4 is 151 Å². The zero-order valence-electron chi connectivity index (χ0n) is 50.6. The van der Waals surface area contributed by atoms with Crippen LogP contribution in [0.2, 0.25) is 0 Å². The van der Waals surface area contributed by atoms with Gasteiger partial charge in [0.1, 0.15) is 4.70 Å². The van der Waals surface area contributed by atoms with Gasteiger partial charge in [-0.2, -0.15) is 0 Å². The SMILES string of the molecule is c1ccc(-c2ccc(N(c3ccc(-c4nccc5c4-c4ccccc4[SH]5[n+]4ccc(-c5ccc(N(c6ccc(-c7ccc8ccccc8c7)cc6)c6ccc7sc8ccccc8c7c6)cc5)c5sc6ccccc6c54)cc3)c3cccc4sc5ccccc5c34)cc2)cc1. The van der Waals surface area contributed by atoms with Gasteiger partial charge in [-0.05, 0) is 160 Å². The standard InChI is InChI=1S/C86H55N4S4/c1-2-15-55(16-3-1)57-31-41-65(42-32-57)90(74-23-14-27-79-82(74)70-20-7-11-25-76(70)92-79)66-45-37-60(38-46-66)84-83-72-22-9-13-28-80(72)94(81(83)49-51-87-84)88-52-50-68(86-85(88)71-21-8-12-26-77(71)93-86)59-35-43-64(44-36-59)89(67-47-48-78-73(54-67)69-19-6-10-24-75(69)91-78)63-39-33-58(34-40-63)62-30-29-56-17-4-5-18-61(56)53-62/h1-54,94H/q+1. The largest absolute Gasteiger partial charge is 0.310 e. The molecule has 18 aromatic rings. The van der Waals surface area contributed by atoms with E-state index in [0.29, 0.717) is 0 Å². The second-order valence-electron chi connectivity index (χ2n) is 24.0. The van der Waals surface area contributed by atoms with Crippen molar-refractivity contribution in [2.75, 3.05) is 9.80 Å². The van der Waals surface area contributed by atoms with Gasteiger partial charge in [-0.15, -0.1) is 38.0 Å². The van der Waals surface area contributed by atoms with E-state index in [1.54, 1.807) is 0 Å². The van der Waals surface area contributed by atoms with Gasteiger partial charge in [0.05, 0.1) is 26.6 Å². The molecule has 0 aliphatic carbocycles. The average Bonchev–Trinajstić information content (AvgIpc) is 1.56. The van der Waals surface area contributed by atoms with Crippen molar-refractivity contribution in [3.8, 4) is 55.8 Å². The molecule has 0 radical (unpaired) electrons. The van der Waals surface area contributed by atoms with Crippen LogP contribution in [0, 0.1) is 0 Å². The number of pyridine rings is 2. The highest BCUT2D eigenvalue weighted by Gasteiger charge is 2.37. The number of benzene rings is 13. The number of anilines is 6. The molecule has 0 bridgehead atoms. The van der Waals surface area contributed by atoms with Gasteiger partial charge in [0.15, 0.2) is 6.20 Å². The van der Waals surface area contributed by atoms with Gasteiger partial charge in [-0.3, -0.25) is 4.98 Å². The zero-order chi connectivity index (χ0) is 61.8. The monoisotopic (exact) mass is 1270 g/mol. The first-order chi connectivity index (χ1) is 46.6. The van der Waals surface area contributed by atoms with Crippen LogP contribution in [0.5, 0.6) is 0 Å². The molecule has 4 nitrogen and oxygen atoms in total. The summed E-state index contributed by atoms with van der Waals surface area (Å²) in [5.74, 6) is 0. The van der Waals surface area contributed by atoms with E-state index in [1.165, 1.54) is 126 Å². The van der Waals surface area contributed by atoms with E-state index in [4.69, 9.17) is 4.98 Å². The lowest BCUT2D eigenvalue weighted by molar-refractivity contribution is -0.467. The Morgan fingerprint density at radius 1 is 0.319 bits per heavy atom. The van der Waals surface area contributed by atoms with Crippen LogP contribution >= 0.6 is 45.1 Å². The van der Waals surface area contributed by atoms with Crippen LogP contribution in [0.15, 0.2) is 338 Å². The summed E-state index contributed by atoms with van der Waals surface area (Å²) in [5, 5.41) is 8.84. The van der Waals surface area contributed by atoms with E-state index in [0.717, 1.165) is 45.4 Å². The predicted octanol–water partition coefficient (Wildman–Crippen LogP) is 25.1. The Bertz CT molecular complexity index is 5990. The Hall–Kier alpha value is -11.0. The molecular weight excluding hydrogens is 1220 g/mol. The highest BCUT2D eigenvalue weighted by Crippen LogP contribution is 2.59. The molecule has 8 heteroatoms. The summed E-state index contributed by atoms with van der Waals surface area (Å²) in [6.45, 7) is 0. The van der Waals surface area contributed by atoms with Gasteiger partial charge in [0.2, 0.25) is 5.52 Å². The fourth-order valence-corrected chi connectivity index (χ4v) is 20.5. The average molecular weight is 1270 g/mol.